The number of pyridine rings is 1. The van der Waals surface area contributed by atoms with Gasteiger partial charge in [0.05, 0.1) is 11.6 Å². The average molecular weight is 305 g/mol. The van der Waals surface area contributed by atoms with Gasteiger partial charge in [0, 0.05) is 33.6 Å². The molecule has 1 fully saturated rings. The van der Waals surface area contributed by atoms with Gasteiger partial charge < -0.3 is 5.11 Å². The molecule has 3 unspecified atom stereocenters. The Morgan fingerprint density at radius 2 is 2.15 bits per heavy atom. The number of thioether (sulfide) groups is 2. The third-order valence-electron chi connectivity index (χ3n) is 3.78. The second-order valence-corrected chi connectivity index (χ2v) is 7.69. The maximum absolute atomic E-state index is 10.7. The van der Waals surface area contributed by atoms with Crippen LogP contribution in [0.15, 0.2) is 36.5 Å². The van der Waals surface area contributed by atoms with Gasteiger partial charge in [-0.15, -0.1) is 0 Å². The van der Waals surface area contributed by atoms with Crippen LogP contribution in [-0.4, -0.2) is 32.1 Å². The number of hydrogen-bond donors (Lipinski definition) is 1. The molecule has 4 heteroatoms. The summed E-state index contributed by atoms with van der Waals surface area (Å²) in [5.41, 5.74) is 1.96. The van der Waals surface area contributed by atoms with Crippen molar-refractivity contribution < 1.29 is 5.11 Å². The van der Waals surface area contributed by atoms with Crippen molar-refractivity contribution in [3.63, 3.8) is 0 Å². The SMILES string of the molecule is CCC1SCCSC1C(O)c1ccc2cccnc2c1. The summed E-state index contributed by atoms with van der Waals surface area (Å²) in [6.07, 6.45) is 2.52. The molecule has 0 saturated carbocycles. The Hall–Kier alpha value is -0.710. The van der Waals surface area contributed by atoms with Crippen molar-refractivity contribution in [1.29, 1.82) is 0 Å². The first-order chi connectivity index (χ1) is 9.79. The van der Waals surface area contributed by atoms with Crippen LogP contribution in [0.3, 0.4) is 0 Å². The number of aliphatic hydroxyl groups excluding tert-OH is 1. The molecule has 0 bridgehead atoms. The third-order valence-corrected chi connectivity index (χ3v) is 7.11. The van der Waals surface area contributed by atoms with Gasteiger partial charge in [-0.1, -0.05) is 25.1 Å². The summed E-state index contributed by atoms with van der Waals surface area (Å²) in [7, 11) is 0. The van der Waals surface area contributed by atoms with Crippen LogP contribution in [0.5, 0.6) is 0 Å². The molecule has 1 aliphatic heterocycles. The summed E-state index contributed by atoms with van der Waals surface area (Å²) < 4.78 is 0. The molecule has 2 heterocycles. The van der Waals surface area contributed by atoms with Crippen LogP contribution in [0.25, 0.3) is 10.9 Å². The predicted molar refractivity (Wildman–Crippen MR) is 89.5 cm³/mol. The van der Waals surface area contributed by atoms with Crippen LogP contribution < -0.4 is 0 Å². The van der Waals surface area contributed by atoms with Gasteiger partial charge in [0.25, 0.3) is 0 Å². The van der Waals surface area contributed by atoms with E-state index >= 15 is 0 Å². The first-order valence-electron chi connectivity index (χ1n) is 7.05. The van der Waals surface area contributed by atoms with E-state index in [9.17, 15) is 5.11 Å². The second-order valence-electron chi connectivity index (χ2n) is 5.05. The van der Waals surface area contributed by atoms with E-state index in [2.05, 4.69) is 24.0 Å². The third kappa shape index (κ3) is 2.83. The van der Waals surface area contributed by atoms with E-state index in [-0.39, 0.29) is 0 Å². The maximum Gasteiger partial charge on any atom is 0.0920 e. The standard InChI is InChI=1S/C16H19NOS2/c1-2-14-16(20-9-8-19-14)15(18)12-6-5-11-4-3-7-17-13(11)10-12/h3-7,10,14-16,18H,2,8-9H2,1H3. The Morgan fingerprint density at radius 1 is 1.30 bits per heavy atom. The number of nitrogens with zero attached hydrogens (tertiary/aromatic N) is 1. The number of hydrogen-bond acceptors (Lipinski definition) is 4. The van der Waals surface area contributed by atoms with Gasteiger partial charge in [-0.2, -0.15) is 23.5 Å². The average Bonchev–Trinajstić information content (AvgIpc) is 2.53. The summed E-state index contributed by atoms with van der Waals surface area (Å²) in [4.78, 5) is 4.39. The zero-order valence-corrected chi connectivity index (χ0v) is 13.2. The van der Waals surface area contributed by atoms with Gasteiger partial charge in [-0.25, -0.2) is 0 Å². The molecule has 1 aliphatic rings. The van der Waals surface area contributed by atoms with Crippen LogP contribution in [0.4, 0.5) is 0 Å². The van der Waals surface area contributed by atoms with Gasteiger partial charge in [0.15, 0.2) is 0 Å². The van der Waals surface area contributed by atoms with Gasteiger partial charge in [0.1, 0.15) is 0 Å². The van der Waals surface area contributed by atoms with Gasteiger partial charge >= 0.3 is 0 Å². The first-order valence-corrected chi connectivity index (χ1v) is 9.15. The number of aromatic nitrogens is 1. The zero-order chi connectivity index (χ0) is 13.9. The van der Waals surface area contributed by atoms with Crippen molar-refractivity contribution in [2.24, 2.45) is 0 Å². The molecule has 20 heavy (non-hydrogen) atoms. The van der Waals surface area contributed by atoms with Crippen LogP contribution >= 0.6 is 23.5 Å². The van der Waals surface area contributed by atoms with E-state index in [4.69, 9.17) is 0 Å². The van der Waals surface area contributed by atoms with Crippen LogP contribution in [-0.2, 0) is 0 Å². The van der Waals surface area contributed by atoms with Crippen LogP contribution in [0, 0.1) is 0 Å². The Bertz CT molecular complexity index is 589. The molecule has 0 amide bonds. The first kappa shape index (κ1) is 14.2. The summed E-state index contributed by atoms with van der Waals surface area (Å²) >= 11 is 3.91. The Labute approximate surface area is 128 Å². The molecule has 3 atom stereocenters. The largest absolute Gasteiger partial charge is 0.387 e. The van der Waals surface area contributed by atoms with Crippen LogP contribution in [0.2, 0.25) is 0 Å². The summed E-state index contributed by atoms with van der Waals surface area (Å²) in [6.45, 7) is 2.21. The van der Waals surface area contributed by atoms with Crippen molar-refractivity contribution in [2.75, 3.05) is 11.5 Å². The maximum atomic E-state index is 10.7. The van der Waals surface area contributed by atoms with E-state index in [1.54, 1.807) is 6.20 Å². The fourth-order valence-electron chi connectivity index (χ4n) is 2.69. The molecule has 1 saturated heterocycles. The predicted octanol–water partition coefficient (Wildman–Crippen LogP) is 3.90. The lowest BCUT2D eigenvalue weighted by Gasteiger charge is -2.33. The number of benzene rings is 1. The summed E-state index contributed by atoms with van der Waals surface area (Å²) in [5.74, 6) is 2.33. The minimum absolute atomic E-state index is 0.292. The molecule has 2 nitrogen and oxygen atoms in total. The van der Waals surface area contributed by atoms with Crippen molar-refractivity contribution >= 4 is 34.4 Å². The lowest BCUT2D eigenvalue weighted by atomic mass is 10.0. The van der Waals surface area contributed by atoms with Crippen molar-refractivity contribution in [1.82, 2.24) is 4.98 Å². The minimum atomic E-state index is -0.399. The fourth-order valence-corrected chi connectivity index (χ4v) is 5.82. The van der Waals surface area contributed by atoms with E-state index in [1.807, 2.05) is 41.7 Å². The Morgan fingerprint density at radius 3 is 3.00 bits per heavy atom. The minimum Gasteiger partial charge on any atom is -0.387 e. The normalized spacial score (nSPS) is 24.7. The van der Waals surface area contributed by atoms with E-state index in [0.29, 0.717) is 10.5 Å². The highest BCUT2D eigenvalue weighted by atomic mass is 32.2. The van der Waals surface area contributed by atoms with Crippen molar-refractivity contribution in [2.45, 2.75) is 29.9 Å². The molecule has 3 rings (SSSR count). The molecule has 2 aromatic rings. The lowest BCUT2D eigenvalue weighted by Crippen LogP contribution is -2.31. The monoisotopic (exact) mass is 305 g/mol. The van der Waals surface area contributed by atoms with Gasteiger partial charge in [-0.3, -0.25) is 4.98 Å². The lowest BCUT2D eigenvalue weighted by molar-refractivity contribution is 0.172. The van der Waals surface area contributed by atoms with Gasteiger partial charge in [0.2, 0.25) is 0 Å². The topological polar surface area (TPSA) is 33.1 Å². The summed E-state index contributed by atoms with van der Waals surface area (Å²) in [5, 5.41) is 12.7. The molecule has 1 N–H and O–H groups in total. The molecular weight excluding hydrogens is 286 g/mol. The van der Waals surface area contributed by atoms with Crippen molar-refractivity contribution in [3.8, 4) is 0 Å². The van der Waals surface area contributed by atoms with E-state index in [0.717, 1.165) is 28.6 Å². The highest BCUT2D eigenvalue weighted by molar-refractivity contribution is 8.07. The second kappa shape index (κ2) is 6.37. The smallest absolute Gasteiger partial charge is 0.0920 e. The van der Waals surface area contributed by atoms with Crippen LogP contribution in [0.1, 0.15) is 25.0 Å². The highest BCUT2D eigenvalue weighted by Crippen LogP contribution is 2.40. The molecule has 1 aromatic carbocycles. The number of fused-ring (bicyclic) bond motifs is 1. The molecule has 0 radical (unpaired) electrons. The Kier molecular flexibility index (Phi) is 4.54. The molecular formula is C16H19NOS2. The van der Waals surface area contributed by atoms with Crippen molar-refractivity contribution in [3.05, 3.63) is 42.1 Å². The molecule has 0 spiro atoms. The Balaban J connectivity index is 1.89. The molecule has 1 aromatic heterocycles. The zero-order valence-electron chi connectivity index (χ0n) is 11.5. The number of aliphatic hydroxyl groups is 1. The fraction of sp³-hybridized carbons (Fsp3) is 0.438. The van der Waals surface area contributed by atoms with E-state index in [1.165, 1.54) is 5.75 Å². The van der Waals surface area contributed by atoms with Gasteiger partial charge in [-0.05, 0) is 24.1 Å². The summed E-state index contributed by atoms with van der Waals surface area (Å²) in [6, 6.07) is 10.1. The number of rotatable bonds is 3. The molecule has 106 valence electrons. The molecule has 0 aliphatic carbocycles. The quantitative estimate of drug-likeness (QED) is 0.932. The van der Waals surface area contributed by atoms with E-state index < -0.39 is 6.10 Å². The highest BCUT2D eigenvalue weighted by Gasteiger charge is 2.31.